The molecule has 1 nitrogen and oxygen atoms in total. The molecule has 0 radical (unpaired) electrons. The molecule has 0 aliphatic heterocycles. The number of rotatable bonds is 4. The van der Waals surface area contributed by atoms with Gasteiger partial charge in [-0.2, -0.15) is 0 Å². The van der Waals surface area contributed by atoms with Crippen LogP contribution in [0.3, 0.4) is 0 Å². The zero-order valence-corrected chi connectivity index (χ0v) is 5.76. The minimum absolute atomic E-state index is 0.179. The average Bonchev–Trinajstić information content (AvgIpc) is 1.89. The SMILES string of the molecule is C#CCCCC(C)C=O. The van der Waals surface area contributed by atoms with E-state index in [-0.39, 0.29) is 5.92 Å². The van der Waals surface area contributed by atoms with Crippen molar-refractivity contribution >= 4 is 6.29 Å². The van der Waals surface area contributed by atoms with Gasteiger partial charge in [0.05, 0.1) is 0 Å². The lowest BCUT2D eigenvalue weighted by Crippen LogP contribution is -1.93. The summed E-state index contributed by atoms with van der Waals surface area (Å²) in [6.45, 7) is 1.91. The van der Waals surface area contributed by atoms with Gasteiger partial charge < -0.3 is 4.79 Å². The topological polar surface area (TPSA) is 17.1 Å². The molecule has 1 atom stereocenters. The first-order valence-electron chi connectivity index (χ1n) is 3.20. The third-order valence-corrected chi connectivity index (χ3v) is 1.21. The minimum Gasteiger partial charge on any atom is -0.303 e. The summed E-state index contributed by atoms with van der Waals surface area (Å²) in [7, 11) is 0. The predicted octanol–water partition coefficient (Wildman–Crippen LogP) is 1.62. The van der Waals surface area contributed by atoms with E-state index in [1.165, 1.54) is 0 Å². The average molecular weight is 124 g/mol. The molecule has 0 rings (SSSR count). The fourth-order valence-corrected chi connectivity index (χ4v) is 0.594. The Labute approximate surface area is 56.5 Å². The van der Waals surface area contributed by atoms with Gasteiger partial charge in [-0.3, -0.25) is 0 Å². The van der Waals surface area contributed by atoms with Crippen molar-refractivity contribution in [1.29, 1.82) is 0 Å². The Kier molecular flexibility index (Phi) is 4.91. The smallest absolute Gasteiger partial charge is 0.122 e. The van der Waals surface area contributed by atoms with E-state index in [0.717, 1.165) is 25.5 Å². The van der Waals surface area contributed by atoms with Gasteiger partial charge in [-0.15, -0.1) is 12.3 Å². The second-order valence-electron chi connectivity index (χ2n) is 2.21. The van der Waals surface area contributed by atoms with Crippen LogP contribution in [-0.2, 0) is 4.79 Å². The molecular formula is C8H12O. The van der Waals surface area contributed by atoms with Crippen molar-refractivity contribution < 1.29 is 4.79 Å². The molecule has 0 fully saturated rings. The summed E-state index contributed by atoms with van der Waals surface area (Å²) in [6.07, 6.45) is 8.67. The maximum atomic E-state index is 10.0. The molecule has 0 bridgehead atoms. The van der Waals surface area contributed by atoms with Gasteiger partial charge in [-0.1, -0.05) is 6.92 Å². The van der Waals surface area contributed by atoms with Crippen LogP contribution >= 0.6 is 0 Å². The number of carbonyl (C=O) groups excluding carboxylic acids is 1. The van der Waals surface area contributed by atoms with Crippen LogP contribution in [0.25, 0.3) is 0 Å². The zero-order valence-electron chi connectivity index (χ0n) is 5.76. The van der Waals surface area contributed by atoms with E-state index in [9.17, 15) is 4.79 Å². The van der Waals surface area contributed by atoms with Crippen LogP contribution in [-0.4, -0.2) is 6.29 Å². The van der Waals surface area contributed by atoms with Crippen LogP contribution in [0, 0.1) is 18.3 Å². The Hall–Kier alpha value is -0.770. The summed E-state index contributed by atoms with van der Waals surface area (Å²) < 4.78 is 0. The number of unbranched alkanes of at least 4 members (excludes halogenated alkanes) is 1. The third kappa shape index (κ3) is 5.10. The summed E-state index contributed by atoms with van der Waals surface area (Å²) in [6, 6.07) is 0. The summed E-state index contributed by atoms with van der Waals surface area (Å²) in [5, 5.41) is 0. The Morgan fingerprint density at radius 1 is 1.78 bits per heavy atom. The molecule has 0 aliphatic carbocycles. The van der Waals surface area contributed by atoms with E-state index in [2.05, 4.69) is 5.92 Å². The van der Waals surface area contributed by atoms with E-state index >= 15 is 0 Å². The number of hydrogen-bond donors (Lipinski definition) is 0. The molecule has 0 spiro atoms. The van der Waals surface area contributed by atoms with Crippen LogP contribution in [0.2, 0.25) is 0 Å². The first kappa shape index (κ1) is 8.23. The van der Waals surface area contributed by atoms with Crippen molar-refractivity contribution in [2.24, 2.45) is 5.92 Å². The quantitative estimate of drug-likeness (QED) is 0.316. The second-order valence-corrected chi connectivity index (χ2v) is 2.21. The van der Waals surface area contributed by atoms with Crippen LogP contribution in [0.5, 0.6) is 0 Å². The van der Waals surface area contributed by atoms with E-state index in [4.69, 9.17) is 6.42 Å². The van der Waals surface area contributed by atoms with Gasteiger partial charge in [0.25, 0.3) is 0 Å². The molecular weight excluding hydrogens is 112 g/mol. The lowest BCUT2D eigenvalue weighted by molar-refractivity contribution is -0.110. The van der Waals surface area contributed by atoms with Crippen molar-refractivity contribution in [2.45, 2.75) is 26.2 Å². The van der Waals surface area contributed by atoms with Crippen molar-refractivity contribution in [2.75, 3.05) is 0 Å². The lowest BCUT2D eigenvalue weighted by atomic mass is 10.1. The first-order chi connectivity index (χ1) is 4.31. The van der Waals surface area contributed by atoms with Gasteiger partial charge >= 0.3 is 0 Å². The van der Waals surface area contributed by atoms with E-state index in [1.807, 2.05) is 6.92 Å². The monoisotopic (exact) mass is 124 g/mol. The molecule has 0 N–H and O–H groups in total. The number of carbonyl (C=O) groups is 1. The van der Waals surface area contributed by atoms with Crippen LogP contribution < -0.4 is 0 Å². The Morgan fingerprint density at radius 2 is 2.44 bits per heavy atom. The maximum Gasteiger partial charge on any atom is 0.122 e. The molecule has 0 aromatic rings. The fraction of sp³-hybridized carbons (Fsp3) is 0.625. The molecule has 0 aromatic heterocycles. The number of hydrogen-bond acceptors (Lipinski definition) is 1. The van der Waals surface area contributed by atoms with E-state index in [0.29, 0.717) is 0 Å². The molecule has 0 aromatic carbocycles. The Balaban J connectivity index is 3.08. The van der Waals surface area contributed by atoms with Gasteiger partial charge in [0.15, 0.2) is 0 Å². The van der Waals surface area contributed by atoms with Crippen LogP contribution in [0.15, 0.2) is 0 Å². The largest absolute Gasteiger partial charge is 0.303 e. The predicted molar refractivity (Wildman–Crippen MR) is 37.9 cm³/mol. The molecule has 0 amide bonds. The molecule has 9 heavy (non-hydrogen) atoms. The highest BCUT2D eigenvalue weighted by Gasteiger charge is 1.96. The summed E-state index contributed by atoms with van der Waals surface area (Å²) in [4.78, 5) is 10.0. The van der Waals surface area contributed by atoms with Gasteiger partial charge in [-0.25, -0.2) is 0 Å². The zero-order chi connectivity index (χ0) is 7.11. The van der Waals surface area contributed by atoms with Crippen molar-refractivity contribution in [3.05, 3.63) is 0 Å². The summed E-state index contributed by atoms with van der Waals surface area (Å²) >= 11 is 0. The van der Waals surface area contributed by atoms with Gasteiger partial charge in [0, 0.05) is 12.3 Å². The first-order valence-corrected chi connectivity index (χ1v) is 3.20. The standard InChI is InChI=1S/C8H12O/c1-3-4-5-6-8(2)7-9/h1,7-8H,4-6H2,2H3. The van der Waals surface area contributed by atoms with Crippen LogP contribution in [0.4, 0.5) is 0 Å². The number of terminal acetylenes is 1. The van der Waals surface area contributed by atoms with Crippen molar-refractivity contribution in [1.82, 2.24) is 0 Å². The third-order valence-electron chi connectivity index (χ3n) is 1.21. The Bertz CT molecular complexity index is 110. The lowest BCUT2D eigenvalue weighted by Gasteiger charge is -1.97. The van der Waals surface area contributed by atoms with Crippen molar-refractivity contribution in [3.63, 3.8) is 0 Å². The summed E-state index contributed by atoms with van der Waals surface area (Å²) in [5.41, 5.74) is 0. The molecule has 0 aliphatic rings. The van der Waals surface area contributed by atoms with Gasteiger partial charge in [0.2, 0.25) is 0 Å². The summed E-state index contributed by atoms with van der Waals surface area (Å²) in [5.74, 6) is 2.71. The van der Waals surface area contributed by atoms with E-state index < -0.39 is 0 Å². The van der Waals surface area contributed by atoms with Gasteiger partial charge in [-0.05, 0) is 12.8 Å². The molecule has 0 saturated heterocycles. The maximum absolute atomic E-state index is 10.0. The highest BCUT2D eigenvalue weighted by molar-refractivity contribution is 5.52. The molecule has 1 heteroatoms. The fourth-order valence-electron chi connectivity index (χ4n) is 0.594. The van der Waals surface area contributed by atoms with Crippen LogP contribution in [0.1, 0.15) is 26.2 Å². The molecule has 1 unspecified atom stereocenters. The number of aldehydes is 1. The normalized spacial score (nSPS) is 12.0. The minimum atomic E-state index is 0.179. The molecule has 0 heterocycles. The second kappa shape index (κ2) is 5.37. The Morgan fingerprint density at radius 3 is 2.89 bits per heavy atom. The highest BCUT2D eigenvalue weighted by atomic mass is 16.1. The molecule has 50 valence electrons. The molecule has 0 saturated carbocycles. The van der Waals surface area contributed by atoms with Gasteiger partial charge in [0.1, 0.15) is 6.29 Å². The van der Waals surface area contributed by atoms with Crippen molar-refractivity contribution in [3.8, 4) is 12.3 Å². The van der Waals surface area contributed by atoms with E-state index in [1.54, 1.807) is 0 Å². The highest BCUT2D eigenvalue weighted by Crippen LogP contribution is 2.03.